The van der Waals surface area contributed by atoms with Crippen molar-refractivity contribution >= 4 is 29.3 Å². The van der Waals surface area contributed by atoms with Gasteiger partial charge in [-0.25, -0.2) is 4.79 Å². The van der Waals surface area contributed by atoms with Crippen molar-refractivity contribution < 1.29 is 9.90 Å². The van der Waals surface area contributed by atoms with Gasteiger partial charge in [0.25, 0.3) is 0 Å². The maximum absolute atomic E-state index is 11.3. The first-order valence-electron chi connectivity index (χ1n) is 5.57. The summed E-state index contributed by atoms with van der Waals surface area (Å²) in [6.07, 6.45) is 0.712. The van der Waals surface area contributed by atoms with Gasteiger partial charge in [-0.2, -0.15) is 0 Å². The Labute approximate surface area is 112 Å². The molecule has 18 heavy (non-hydrogen) atoms. The first kappa shape index (κ1) is 14.5. The highest BCUT2D eigenvalue weighted by Crippen LogP contribution is 2.22. The molecular formula is C13H17ClN2O2. The van der Waals surface area contributed by atoms with Gasteiger partial charge in [-0.1, -0.05) is 18.2 Å². The summed E-state index contributed by atoms with van der Waals surface area (Å²) in [6, 6.07) is 7.51. The Kier molecular flexibility index (Phi) is 4.76. The lowest BCUT2D eigenvalue weighted by molar-refractivity contribution is 0.0697. The van der Waals surface area contributed by atoms with E-state index in [9.17, 15) is 9.90 Å². The lowest BCUT2D eigenvalue weighted by Gasteiger charge is -2.08. The SMILES string of the molecule is CN(C)CCc1[nH]c2ccccc2c1C(=O)O.Cl. The number of fused-ring (bicyclic) bond motifs is 1. The summed E-state index contributed by atoms with van der Waals surface area (Å²) in [5, 5.41) is 10.1. The lowest BCUT2D eigenvalue weighted by atomic mass is 10.1. The third-order valence-corrected chi connectivity index (χ3v) is 2.81. The average molecular weight is 269 g/mol. The smallest absolute Gasteiger partial charge is 0.338 e. The van der Waals surface area contributed by atoms with E-state index >= 15 is 0 Å². The predicted octanol–water partition coefficient (Wildman–Crippen LogP) is 2.39. The molecule has 2 rings (SSSR count). The van der Waals surface area contributed by atoms with E-state index in [1.807, 2.05) is 43.3 Å². The fourth-order valence-corrected chi connectivity index (χ4v) is 1.96. The van der Waals surface area contributed by atoms with Crippen molar-refractivity contribution in [2.45, 2.75) is 6.42 Å². The largest absolute Gasteiger partial charge is 0.478 e. The number of carboxylic acid groups (broad SMARTS) is 1. The molecule has 0 atom stereocenters. The van der Waals surface area contributed by atoms with Crippen LogP contribution >= 0.6 is 12.4 Å². The van der Waals surface area contributed by atoms with Crippen LogP contribution in [0.5, 0.6) is 0 Å². The number of aromatic carboxylic acids is 1. The van der Waals surface area contributed by atoms with Crippen LogP contribution in [0.4, 0.5) is 0 Å². The zero-order chi connectivity index (χ0) is 12.4. The van der Waals surface area contributed by atoms with Gasteiger partial charge >= 0.3 is 5.97 Å². The van der Waals surface area contributed by atoms with E-state index in [1.165, 1.54) is 0 Å². The predicted molar refractivity (Wildman–Crippen MR) is 74.8 cm³/mol. The zero-order valence-electron chi connectivity index (χ0n) is 10.4. The number of aromatic amines is 1. The normalized spacial score (nSPS) is 10.6. The van der Waals surface area contributed by atoms with E-state index < -0.39 is 5.97 Å². The van der Waals surface area contributed by atoms with Gasteiger partial charge in [-0.15, -0.1) is 12.4 Å². The molecule has 0 saturated heterocycles. The molecule has 2 aromatic rings. The van der Waals surface area contributed by atoms with Crippen LogP contribution in [0.2, 0.25) is 0 Å². The molecule has 0 aliphatic rings. The Bertz CT molecular complexity index is 549. The molecule has 0 spiro atoms. The Hall–Kier alpha value is -1.52. The number of H-pyrrole nitrogens is 1. The maximum atomic E-state index is 11.3. The summed E-state index contributed by atoms with van der Waals surface area (Å²) in [5.74, 6) is -0.865. The number of likely N-dealkylation sites (N-methyl/N-ethyl adjacent to an activating group) is 1. The summed E-state index contributed by atoms with van der Waals surface area (Å²) in [4.78, 5) is 16.5. The molecular weight excluding hydrogens is 252 g/mol. The Morgan fingerprint density at radius 2 is 2.00 bits per heavy atom. The number of halogens is 1. The Balaban J connectivity index is 0.00000162. The number of carbonyl (C=O) groups is 1. The molecule has 0 radical (unpaired) electrons. The third kappa shape index (κ3) is 2.83. The number of hydrogen-bond donors (Lipinski definition) is 2. The maximum Gasteiger partial charge on any atom is 0.338 e. The number of carboxylic acids is 1. The van der Waals surface area contributed by atoms with Gasteiger partial charge in [0.15, 0.2) is 0 Å². The molecule has 4 nitrogen and oxygen atoms in total. The first-order valence-corrected chi connectivity index (χ1v) is 5.57. The lowest BCUT2D eigenvalue weighted by Crippen LogP contribution is -2.16. The summed E-state index contributed by atoms with van der Waals surface area (Å²) in [5.41, 5.74) is 2.09. The van der Waals surface area contributed by atoms with Crippen LogP contribution < -0.4 is 0 Å². The third-order valence-electron chi connectivity index (χ3n) is 2.81. The van der Waals surface area contributed by atoms with Gasteiger partial charge in [-0.05, 0) is 20.2 Å². The summed E-state index contributed by atoms with van der Waals surface area (Å²) in [7, 11) is 3.95. The van der Waals surface area contributed by atoms with Crippen molar-refractivity contribution in [3.63, 3.8) is 0 Å². The van der Waals surface area contributed by atoms with E-state index in [2.05, 4.69) is 4.98 Å². The van der Waals surface area contributed by atoms with Crippen molar-refractivity contribution in [1.29, 1.82) is 0 Å². The zero-order valence-corrected chi connectivity index (χ0v) is 11.3. The molecule has 0 unspecified atom stereocenters. The molecule has 0 amide bonds. The highest BCUT2D eigenvalue weighted by Gasteiger charge is 2.16. The number of hydrogen-bond acceptors (Lipinski definition) is 2. The van der Waals surface area contributed by atoms with Crippen molar-refractivity contribution in [1.82, 2.24) is 9.88 Å². The van der Waals surface area contributed by atoms with Crippen LogP contribution in [-0.4, -0.2) is 41.6 Å². The number of benzene rings is 1. The Morgan fingerprint density at radius 3 is 2.61 bits per heavy atom. The van der Waals surface area contributed by atoms with E-state index in [4.69, 9.17) is 0 Å². The van der Waals surface area contributed by atoms with Crippen LogP contribution in [0.25, 0.3) is 10.9 Å². The monoisotopic (exact) mass is 268 g/mol. The number of para-hydroxylation sites is 1. The van der Waals surface area contributed by atoms with E-state index in [0.29, 0.717) is 12.0 Å². The second-order valence-electron chi connectivity index (χ2n) is 4.38. The minimum absolute atomic E-state index is 0. The van der Waals surface area contributed by atoms with Crippen molar-refractivity contribution in [2.75, 3.05) is 20.6 Å². The number of nitrogens with zero attached hydrogens (tertiary/aromatic N) is 1. The van der Waals surface area contributed by atoms with E-state index in [0.717, 1.165) is 23.1 Å². The van der Waals surface area contributed by atoms with Crippen LogP contribution in [0, 0.1) is 0 Å². The van der Waals surface area contributed by atoms with Gasteiger partial charge in [-0.3, -0.25) is 0 Å². The molecule has 98 valence electrons. The number of aromatic nitrogens is 1. The summed E-state index contributed by atoms with van der Waals surface area (Å²) < 4.78 is 0. The topological polar surface area (TPSA) is 56.3 Å². The minimum Gasteiger partial charge on any atom is -0.478 e. The number of nitrogens with one attached hydrogen (secondary N) is 1. The van der Waals surface area contributed by atoms with Gasteiger partial charge < -0.3 is 15.0 Å². The number of rotatable bonds is 4. The average Bonchev–Trinajstić information content (AvgIpc) is 2.64. The molecule has 2 N–H and O–H groups in total. The van der Waals surface area contributed by atoms with E-state index in [1.54, 1.807) is 0 Å². The van der Waals surface area contributed by atoms with E-state index in [-0.39, 0.29) is 12.4 Å². The van der Waals surface area contributed by atoms with Gasteiger partial charge in [0, 0.05) is 29.6 Å². The highest BCUT2D eigenvalue weighted by atomic mass is 35.5. The Morgan fingerprint density at radius 1 is 1.33 bits per heavy atom. The molecule has 0 saturated carbocycles. The summed E-state index contributed by atoms with van der Waals surface area (Å²) in [6.45, 7) is 0.826. The quantitative estimate of drug-likeness (QED) is 0.895. The fourth-order valence-electron chi connectivity index (χ4n) is 1.96. The first-order chi connectivity index (χ1) is 8.09. The van der Waals surface area contributed by atoms with Crippen LogP contribution in [-0.2, 0) is 6.42 Å². The fraction of sp³-hybridized carbons (Fsp3) is 0.308. The second kappa shape index (κ2) is 5.89. The van der Waals surface area contributed by atoms with Crippen LogP contribution in [0.1, 0.15) is 16.1 Å². The van der Waals surface area contributed by atoms with Gasteiger partial charge in [0.2, 0.25) is 0 Å². The molecule has 5 heteroatoms. The summed E-state index contributed by atoms with van der Waals surface area (Å²) >= 11 is 0. The van der Waals surface area contributed by atoms with Gasteiger partial charge in [0.05, 0.1) is 5.56 Å². The van der Waals surface area contributed by atoms with Crippen LogP contribution in [0.3, 0.4) is 0 Å². The molecule has 0 aliphatic heterocycles. The van der Waals surface area contributed by atoms with Crippen molar-refractivity contribution in [2.24, 2.45) is 0 Å². The molecule has 1 heterocycles. The molecule has 0 fully saturated rings. The second-order valence-corrected chi connectivity index (χ2v) is 4.38. The molecule has 0 bridgehead atoms. The molecule has 1 aromatic heterocycles. The molecule has 1 aromatic carbocycles. The van der Waals surface area contributed by atoms with Crippen molar-refractivity contribution in [3.8, 4) is 0 Å². The minimum atomic E-state index is -0.865. The van der Waals surface area contributed by atoms with Gasteiger partial charge in [0.1, 0.15) is 0 Å². The standard InChI is InChI=1S/C13H16N2O2.ClH/c1-15(2)8-7-11-12(13(16)17)9-5-3-4-6-10(9)14-11;/h3-6,14H,7-8H2,1-2H3,(H,16,17);1H. The molecule has 0 aliphatic carbocycles. The van der Waals surface area contributed by atoms with Crippen molar-refractivity contribution in [3.05, 3.63) is 35.5 Å². The highest BCUT2D eigenvalue weighted by molar-refractivity contribution is 6.04. The van der Waals surface area contributed by atoms with Crippen LogP contribution in [0.15, 0.2) is 24.3 Å².